The zero-order valence-corrected chi connectivity index (χ0v) is 11.2. The minimum Gasteiger partial charge on any atom is -0.378 e. The summed E-state index contributed by atoms with van der Waals surface area (Å²) in [7, 11) is 0. The lowest BCUT2D eigenvalue weighted by molar-refractivity contribution is 0.108. The summed E-state index contributed by atoms with van der Waals surface area (Å²) in [5.41, 5.74) is 2.51. The van der Waals surface area contributed by atoms with Crippen LogP contribution in [0.25, 0.3) is 0 Å². The second-order valence-electron chi connectivity index (χ2n) is 4.03. The third kappa shape index (κ3) is 2.85. The van der Waals surface area contributed by atoms with Gasteiger partial charge in [0.2, 0.25) is 0 Å². The monoisotopic (exact) mass is 301 g/mol. The summed E-state index contributed by atoms with van der Waals surface area (Å²) in [5, 5.41) is 3.29. The molecule has 2 atom stereocenters. The van der Waals surface area contributed by atoms with E-state index in [0.29, 0.717) is 17.8 Å². The first-order valence-corrected chi connectivity index (χ1v) is 6.34. The molecule has 0 aromatic carbocycles. The molecule has 0 radical (unpaired) electrons. The van der Waals surface area contributed by atoms with Gasteiger partial charge in [0.1, 0.15) is 16.6 Å². The first-order chi connectivity index (χ1) is 8.22. The molecule has 0 spiro atoms. The van der Waals surface area contributed by atoms with Crippen LogP contribution in [-0.4, -0.2) is 29.2 Å². The van der Waals surface area contributed by atoms with Crippen molar-refractivity contribution in [1.29, 1.82) is 0 Å². The predicted molar refractivity (Wildman–Crippen MR) is 69.6 cm³/mol. The van der Waals surface area contributed by atoms with Crippen LogP contribution < -0.4 is 16.6 Å². The topological polar surface area (TPSA) is 85.1 Å². The fraction of sp³-hybridized carbons (Fsp3) is 0.600. The van der Waals surface area contributed by atoms with Gasteiger partial charge in [-0.2, -0.15) is 0 Å². The molecule has 1 saturated heterocycles. The summed E-state index contributed by atoms with van der Waals surface area (Å²) in [6.45, 7) is 3.77. The summed E-state index contributed by atoms with van der Waals surface area (Å²) < 4.78 is 6.26. The van der Waals surface area contributed by atoms with E-state index in [0.717, 1.165) is 29.9 Å². The number of ether oxygens (including phenoxy) is 1. The third-order valence-electron chi connectivity index (χ3n) is 2.99. The highest BCUT2D eigenvalue weighted by molar-refractivity contribution is 9.10. The highest BCUT2D eigenvalue weighted by Gasteiger charge is 2.24. The van der Waals surface area contributed by atoms with Crippen LogP contribution >= 0.6 is 15.9 Å². The van der Waals surface area contributed by atoms with E-state index in [2.05, 4.69) is 43.6 Å². The second kappa shape index (κ2) is 5.61. The molecular weight excluding hydrogens is 286 g/mol. The fourth-order valence-corrected chi connectivity index (χ4v) is 2.32. The maximum atomic E-state index is 5.51. The Morgan fingerprint density at radius 3 is 2.94 bits per heavy atom. The fourth-order valence-electron chi connectivity index (χ4n) is 1.87. The molecule has 1 fully saturated rings. The number of hydrogen-bond acceptors (Lipinski definition) is 6. The first-order valence-electron chi connectivity index (χ1n) is 5.55. The molecule has 2 rings (SSSR count). The molecule has 0 amide bonds. The molecule has 94 valence electrons. The number of rotatable bonds is 4. The number of halogens is 1. The van der Waals surface area contributed by atoms with Crippen molar-refractivity contribution in [3.63, 3.8) is 0 Å². The van der Waals surface area contributed by atoms with Gasteiger partial charge in [-0.05, 0) is 29.3 Å². The smallest absolute Gasteiger partial charge is 0.159 e. The Morgan fingerprint density at radius 1 is 1.53 bits per heavy atom. The van der Waals surface area contributed by atoms with Crippen molar-refractivity contribution in [2.45, 2.75) is 19.4 Å². The number of anilines is 2. The van der Waals surface area contributed by atoms with E-state index in [1.165, 1.54) is 6.33 Å². The Bertz CT molecular complexity index is 389. The van der Waals surface area contributed by atoms with Gasteiger partial charge in [0.15, 0.2) is 5.82 Å². The van der Waals surface area contributed by atoms with Crippen molar-refractivity contribution in [2.75, 3.05) is 23.9 Å². The summed E-state index contributed by atoms with van der Waals surface area (Å²) in [4.78, 5) is 8.16. The molecule has 17 heavy (non-hydrogen) atoms. The lowest BCUT2D eigenvalue weighted by atomic mass is 10.0. The average Bonchev–Trinajstić information content (AvgIpc) is 2.74. The van der Waals surface area contributed by atoms with Crippen LogP contribution in [0.5, 0.6) is 0 Å². The Kier molecular flexibility index (Phi) is 4.14. The van der Waals surface area contributed by atoms with Gasteiger partial charge in [-0.1, -0.05) is 0 Å². The van der Waals surface area contributed by atoms with Gasteiger partial charge >= 0.3 is 0 Å². The molecule has 4 N–H and O–H groups in total. The van der Waals surface area contributed by atoms with Gasteiger partial charge in [0, 0.05) is 19.1 Å². The minimum absolute atomic E-state index is 0.301. The number of aromatic nitrogens is 2. The highest BCUT2D eigenvalue weighted by atomic mass is 79.9. The van der Waals surface area contributed by atoms with Crippen molar-refractivity contribution in [3.05, 3.63) is 10.8 Å². The number of nitrogen functional groups attached to an aromatic ring is 1. The quantitative estimate of drug-likeness (QED) is 0.575. The van der Waals surface area contributed by atoms with Gasteiger partial charge in [-0.25, -0.2) is 15.8 Å². The molecular formula is C10H16BrN5O. The summed E-state index contributed by atoms with van der Waals surface area (Å²) in [6.07, 6.45) is 2.85. The number of nitrogens with zero attached hydrogens (tertiary/aromatic N) is 2. The molecule has 6 nitrogen and oxygen atoms in total. The zero-order chi connectivity index (χ0) is 12.3. The summed E-state index contributed by atoms with van der Waals surface area (Å²) >= 11 is 3.40. The van der Waals surface area contributed by atoms with Crippen LogP contribution in [0.1, 0.15) is 13.3 Å². The molecule has 1 aromatic rings. The summed E-state index contributed by atoms with van der Waals surface area (Å²) in [5.74, 6) is 7.17. The largest absolute Gasteiger partial charge is 0.378 e. The van der Waals surface area contributed by atoms with Crippen molar-refractivity contribution in [3.8, 4) is 0 Å². The standard InChI is InChI=1S/C10H16BrN5O/c1-6-7(2-3-17-6)4-13-9-8(11)10(16-12)15-5-14-9/h5-7H,2-4,12H2,1H3,(H2,13,14,15,16). The lowest BCUT2D eigenvalue weighted by Gasteiger charge is -2.16. The lowest BCUT2D eigenvalue weighted by Crippen LogP contribution is -2.21. The van der Waals surface area contributed by atoms with Crippen LogP contribution in [0.2, 0.25) is 0 Å². The number of hydrazine groups is 1. The van der Waals surface area contributed by atoms with Crippen molar-refractivity contribution in [2.24, 2.45) is 11.8 Å². The SMILES string of the molecule is CC1OCCC1CNc1ncnc(NN)c1Br. The number of nitrogens with two attached hydrogens (primary N) is 1. The molecule has 1 aliphatic rings. The minimum atomic E-state index is 0.301. The highest BCUT2D eigenvalue weighted by Crippen LogP contribution is 2.27. The number of hydrogen-bond donors (Lipinski definition) is 3. The molecule has 1 aliphatic heterocycles. The van der Waals surface area contributed by atoms with Crippen molar-refractivity contribution in [1.82, 2.24) is 9.97 Å². The average molecular weight is 302 g/mol. The molecule has 2 heterocycles. The van der Waals surface area contributed by atoms with Gasteiger partial charge in [0.05, 0.1) is 6.10 Å². The Hall–Kier alpha value is -0.920. The Labute approximate surface area is 108 Å². The van der Waals surface area contributed by atoms with E-state index in [4.69, 9.17) is 10.6 Å². The normalized spacial score (nSPS) is 23.7. The Balaban J connectivity index is 1.99. The number of nitrogens with one attached hydrogen (secondary N) is 2. The van der Waals surface area contributed by atoms with E-state index in [-0.39, 0.29) is 0 Å². The van der Waals surface area contributed by atoms with Crippen LogP contribution in [-0.2, 0) is 4.74 Å². The van der Waals surface area contributed by atoms with Crippen LogP contribution in [0.4, 0.5) is 11.6 Å². The summed E-state index contributed by atoms with van der Waals surface area (Å²) in [6, 6.07) is 0. The van der Waals surface area contributed by atoms with Crippen molar-refractivity contribution >= 4 is 27.6 Å². The molecule has 0 saturated carbocycles. The third-order valence-corrected chi connectivity index (χ3v) is 3.74. The molecule has 1 aromatic heterocycles. The van der Waals surface area contributed by atoms with Crippen LogP contribution in [0.3, 0.4) is 0 Å². The maximum Gasteiger partial charge on any atom is 0.159 e. The molecule has 7 heteroatoms. The Morgan fingerprint density at radius 2 is 2.29 bits per heavy atom. The first kappa shape index (κ1) is 12.5. The van der Waals surface area contributed by atoms with Gasteiger partial charge < -0.3 is 15.5 Å². The molecule has 0 aliphatic carbocycles. The molecule has 2 unspecified atom stereocenters. The zero-order valence-electron chi connectivity index (χ0n) is 9.61. The predicted octanol–water partition coefficient (Wildman–Crippen LogP) is 1.36. The second-order valence-corrected chi connectivity index (χ2v) is 4.83. The van der Waals surface area contributed by atoms with Crippen molar-refractivity contribution < 1.29 is 4.74 Å². The van der Waals surface area contributed by atoms with E-state index < -0.39 is 0 Å². The van der Waals surface area contributed by atoms with Gasteiger partial charge in [0.25, 0.3) is 0 Å². The van der Waals surface area contributed by atoms with E-state index in [1.807, 2.05) is 0 Å². The van der Waals surface area contributed by atoms with E-state index in [1.54, 1.807) is 0 Å². The maximum absolute atomic E-state index is 5.51. The van der Waals surface area contributed by atoms with Crippen LogP contribution in [0.15, 0.2) is 10.8 Å². The van der Waals surface area contributed by atoms with Gasteiger partial charge in [-0.15, -0.1) is 0 Å². The van der Waals surface area contributed by atoms with E-state index in [9.17, 15) is 0 Å². The van der Waals surface area contributed by atoms with Crippen LogP contribution in [0, 0.1) is 5.92 Å². The molecule has 0 bridgehead atoms. The van der Waals surface area contributed by atoms with E-state index >= 15 is 0 Å². The van der Waals surface area contributed by atoms with Gasteiger partial charge in [-0.3, -0.25) is 0 Å².